The van der Waals surface area contributed by atoms with E-state index in [2.05, 4.69) is 29.2 Å². The second-order valence-electron chi connectivity index (χ2n) is 7.59. The Hall–Kier alpha value is -2.20. The molecule has 2 fully saturated rings. The van der Waals surface area contributed by atoms with Crippen LogP contribution in [0.15, 0.2) is 48.8 Å². The first-order valence-corrected chi connectivity index (χ1v) is 9.16. The molecule has 3 heterocycles. The lowest BCUT2D eigenvalue weighted by Gasteiger charge is -2.43. The maximum atomic E-state index is 13.5. The third kappa shape index (κ3) is 2.10. The summed E-state index contributed by atoms with van der Waals surface area (Å²) in [4.78, 5) is 19.6. The van der Waals surface area contributed by atoms with Gasteiger partial charge in [-0.2, -0.15) is 0 Å². The van der Waals surface area contributed by atoms with Crippen LogP contribution in [0, 0.1) is 0 Å². The molecule has 0 radical (unpaired) electrons. The van der Waals surface area contributed by atoms with Gasteiger partial charge in [0.05, 0.1) is 18.6 Å². The van der Waals surface area contributed by atoms with E-state index in [1.54, 1.807) is 12.4 Å². The number of hydrogen-bond acceptors (Lipinski definition) is 3. The van der Waals surface area contributed by atoms with Crippen molar-refractivity contribution in [3.8, 4) is 0 Å². The Morgan fingerprint density at radius 1 is 1.08 bits per heavy atom. The van der Waals surface area contributed by atoms with Gasteiger partial charge < -0.3 is 9.64 Å². The molecular weight excluding hydrogens is 312 g/mol. The van der Waals surface area contributed by atoms with E-state index in [-0.39, 0.29) is 16.9 Å². The quantitative estimate of drug-likeness (QED) is 0.847. The van der Waals surface area contributed by atoms with E-state index >= 15 is 0 Å². The molecule has 2 aromatic rings. The Bertz CT molecular complexity index is 816. The molecule has 0 N–H and O–H groups in total. The molecular formula is C21H22N2O2. The van der Waals surface area contributed by atoms with Crippen LogP contribution in [0.3, 0.4) is 0 Å². The van der Waals surface area contributed by atoms with E-state index in [1.807, 2.05) is 17.0 Å². The van der Waals surface area contributed by atoms with Gasteiger partial charge in [-0.1, -0.05) is 30.7 Å². The van der Waals surface area contributed by atoms with E-state index in [4.69, 9.17) is 4.74 Å². The zero-order valence-corrected chi connectivity index (χ0v) is 14.3. The molecule has 1 saturated carbocycles. The maximum Gasteiger partial charge on any atom is 0.233 e. The van der Waals surface area contributed by atoms with Crippen molar-refractivity contribution in [2.75, 3.05) is 13.1 Å². The topological polar surface area (TPSA) is 42.4 Å². The molecule has 1 aromatic heterocycles. The first-order valence-electron chi connectivity index (χ1n) is 9.16. The van der Waals surface area contributed by atoms with Gasteiger partial charge in [-0.15, -0.1) is 0 Å². The Morgan fingerprint density at radius 2 is 1.88 bits per heavy atom. The Labute approximate surface area is 147 Å². The van der Waals surface area contributed by atoms with Crippen molar-refractivity contribution in [1.82, 2.24) is 9.88 Å². The Morgan fingerprint density at radius 3 is 2.64 bits per heavy atom. The highest BCUT2D eigenvalue weighted by atomic mass is 16.5. The van der Waals surface area contributed by atoms with E-state index in [9.17, 15) is 4.79 Å². The van der Waals surface area contributed by atoms with Gasteiger partial charge in [0.2, 0.25) is 5.91 Å². The van der Waals surface area contributed by atoms with Gasteiger partial charge >= 0.3 is 0 Å². The first kappa shape index (κ1) is 15.1. The van der Waals surface area contributed by atoms with E-state index in [0.29, 0.717) is 13.2 Å². The van der Waals surface area contributed by atoms with Crippen LogP contribution in [0.1, 0.15) is 42.4 Å². The summed E-state index contributed by atoms with van der Waals surface area (Å²) in [6.45, 7) is 2.11. The monoisotopic (exact) mass is 334 g/mol. The SMILES string of the molecule is O=C(N1CC[C@@]2(C1)OCc1ccccc12)C1(c2ccncc2)CCC1. The zero-order valence-electron chi connectivity index (χ0n) is 14.3. The summed E-state index contributed by atoms with van der Waals surface area (Å²) in [5.41, 5.74) is 3.02. The number of fused-ring (bicyclic) bond motifs is 2. The van der Waals surface area contributed by atoms with Gasteiger partial charge in [-0.25, -0.2) is 0 Å². The number of pyridine rings is 1. The fourth-order valence-corrected chi connectivity index (χ4v) is 4.81. The summed E-state index contributed by atoms with van der Waals surface area (Å²) in [6, 6.07) is 12.4. The minimum absolute atomic E-state index is 0.273. The van der Waals surface area contributed by atoms with Crippen molar-refractivity contribution in [3.63, 3.8) is 0 Å². The summed E-state index contributed by atoms with van der Waals surface area (Å²) in [5.74, 6) is 0.273. The van der Waals surface area contributed by atoms with Gasteiger partial charge in [0.1, 0.15) is 5.60 Å². The second kappa shape index (κ2) is 5.40. The molecule has 25 heavy (non-hydrogen) atoms. The first-order chi connectivity index (χ1) is 12.2. The second-order valence-corrected chi connectivity index (χ2v) is 7.59. The van der Waals surface area contributed by atoms with E-state index in [1.165, 1.54) is 11.1 Å². The molecule has 5 rings (SSSR count). The maximum absolute atomic E-state index is 13.5. The van der Waals surface area contributed by atoms with Crippen molar-refractivity contribution in [1.29, 1.82) is 0 Å². The number of aromatic nitrogens is 1. The van der Waals surface area contributed by atoms with Crippen molar-refractivity contribution in [3.05, 3.63) is 65.5 Å². The van der Waals surface area contributed by atoms with Gasteiger partial charge in [0.15, 0.2) is 0 Å². The smallest absolute Gasteiger partial charge is 0.233 e. The van der Waals surface area contributed by atoms with Crippen LogP contribution in [-0.4, -0.2) is 28.9 Å². The third-order valence-corrected chi connectivity index (χ3v) is 6.38. The molecule has 0 unspecified atom stereocenters. The minimum Gasteiger partial charge on any atom is -0.364 e. The van der Waals surface area contributed by atoms with Crippen molar-refractivity contribution in [2.24, 2.45) is 0 Å². The highest BCUT2D eigenvalue weighted by molar-refractivity contribution is 5.89. The molecule has 1 spiro atoms. The van der Waals surface area contributed by atoms with Crippen LogP contribution in [0.25, 0.3) is 0 Å². The molecule has 4 nitrogen and oxygen atoms in total. The summed E-state index contributed by atoms with van der Waals surface area (Å²) in [5, 5.41) is 0. The Balaban J connectivity index is 1.43. The molecule has 4 heteroatoms. The lowest BCUT2D eigenvalue weighted by Crippen LogP contribution is -2.51. The molecule has 1 amide bonds. The number of nitrogens with zero attached hydrogens (tertiary/aromatic N) is 2. The van der Waals surface area contributed by atoms with Crippen LogP contribution in [0.2, 0.25) is 0 Å². The van der Waals surface area contributed by atoms with Crippen molar-refractivity contribution in [2.45, 2.75) is 43.3 Å². The molecule has 1 aliphatic carbocycles. The Kier molecular flexibility index (Phi) is 3.26. The molecule has 2 aliphatic heterocycles. The summed E-state index contributed by atoms with van der Waals surface area (Å²) in [6.07, 6.45) is 7.48. The summed E-state index contributed by atoms with van der Waals surface area (Å²) in [7, 11) is 0. The van der Waals surface area contributed by atoms with Crippen LogP contribution < -0.4 is 0 Å². The normalized spacial score (nSPS) is 26.5. The largest absolute Gasteiger partial charge is 0.364 e. The molecule has 1 saturated heterocycles. The number of ether oxygens (including phenoxy) is 1. The lowest BCUT2D eigenvalue weighted by atomic mass is 9.63. The average molecular weight is 334 g/mol. The number of amides is 1. The van der Waals surface area contributed by atoms with Crippen molar-refractivity contribution < 1.29 is 9.53 Å². The van der Waals surface area contributed by atoms with Gasteiger partial charge in [0, 0.05) is 18.9 Å². The molecule has 3 aliphatic rings. The van der Waals surface area contributed by atoms with Gasteiger partial charge in [-0.05, 0) is 48.1 Å². The fraction of sp³-hybridized carbons (Fsp3) is 0.429. The predicted octanol–water partition coefficient (Wildman–Crippen LogP) is 3.16. The van der Waals surface area contributed by atoms with Crippen LogP contribution in [-0.2, 0) is 27.2 Å². The number of rotatable bonds is 2. The number of hydrogen-bond donors (Lipinski definition) is 0. The molecule has 1 atom stereocenters. The number of carbonyl (C=O) groups excluding carboxylic acids is 1. The van der Waals surface area contributed by atoms with E-state index in [0.717, 1.165) is 37.8 Å². The van der Waals surface area contributed by atoms with Crippen LogP contribution in [0.4, 0.5) is 0 Å². The number of benzene rings is 1. The standard InChI is InChI=1S/C21H22N2O2/c24-19(20(8-3-9-20)17-6-11-22-12-7-17)23-13-10-21(15-23)18-5-2-1-4-16(18)14-25-21/h1-2,4-7,11-12H,3,8-10,13-15H2/t21-/m0/s1. The molecule has 1 aromatic carbocycles. The highest BCUT2D eigenvalue weighted by Gasteiger charge is 2.53. The van der Waals surface area contributed by atoms with Gasteiger partial charge in [-0.3, -0.25) is 9.78 Å². The molecule has 128 valence electrons. The van der Waals surface area contributed by atoms with Crippen LogP contribution in [0.5, 0.6) is 0 Å². The van der Waals surface area contributed by atoms with E-state index < -0.39 is 0 Å². The lowest BCUT2D eigenvalue weighted by molar-refractivity contribution is -0.141. The molecule has 0 bridgehead atoms. The predicted molar refractivity (Wildman–Crippen MR) is 93.9 cm³/mol. The van der Waals surface area contributed by atoms with Crippen molar-refractivity contribution >= 4 is 5.91 Å². The average Bonchev–Trinajstić information content (AvgIpc) is 3.21. The van der Waals surface area contributed by atoms with Gasteiger partial charge in [0.25, 0.3) is 0 Å². The number of likely N-dealkylation sites (tertiary alicyclic amines) is 1. The van der Waals surface area contributed by atoms with Crippen LogP contribution >= 0.6 is 0 Å². The third-order valence-electron chi connectivity index (χ3n) is 6.38. The summed E-state index contributed by atoms with van der Waals surface area (Å²) >= 11 is 0. The minimum atomic E-state index is -0.341. The zero-order chi connectivity index (χ0) is 16.9. The number of carbonyl (C=O) groups is 1. The summed E-state index contributed by atoms with van der Waals surface area (Å²) < 4.78 is 6.22. The highest BCUT2D eigenvalue weighted by Crippen LogP contribution is 2.48. The fourth-order valence-electron chi connectivity index (χ4n) is 4.81.